The second kappa shape index (κ2) is 9.33. The Bertz CT molecular complexity index is 1120. The van der Waals surface area contributed by atoms with Gasteiger partial charge in [-0.25, -0.2) is 13.4 Å². The number of furan rings is 1. The Hall–Kier alpha value is -2.49. The highest BCUT2D eigenvalue weighted by molar-refractivity contribution is 7.89. The van der Waals surface area contributed by atoms with Crippen molar-refractivity contribution in [1.29, 1.82) is 0 Å². The fraction of sp³-hybridized carbons (Fsp3) is 0.364. The summed E-state index contributed by atoms with van der Waals surface area (Å²) in [5.74, 6) is 0.456. The molecule has 9 heteroatoms. The molecular weight excluding hydrogens is 434 g/mol. The zero-order valence-electron chi connectivity index (χ0n) is 17.3. The zero-order chi connectivity index (χ0) is 21.8. The summed E-state index contributed by atoms with van der Waals surface area (Å²) in [6.07, 6.45) is 6.82. The molecule has 0 aliphatic heterocycles. The lowest BCUT2D eigenvalue weighted by molar-refractivity contribution is -0.115. The second-order valence-corrected chi connectivity index (χ2v) is 10.5. The Morgan fingerprint density at radius 1 is 1.19 bits per heavy atom. The predicted molar refractivity (Wildman–Crippen MR) is 120 cm³/mol. The molecule has 1 saturated carbocycles. The minimum atomic E-state index is -3.55. The van der Waals surface area contributed by atoms with Crippen LogP contribution in [0.1, 0.15) is 37.8 Å². The van der Waals surface area contributed by atoms with E-state index in [-0.39, 0.29) is 23.3 Å². The van der Waals surface area contributed by atoms with Crippen LogP contribution in [0.25, 0.3) is 10.8 Å². The van der Waals surface area contributed by atoms with Crippen LogP contribution in [-0.2, 0) is 21.2 Å². The second-order valence-electron chi connectivity index (χ2n) is 7.68. The summed E-state index contributed by atoms with van der Waals surface area (Å²) < 4.78 is 32.7. The molecule has 1 amide bonds. The molecule has 0 radical (unpaired) electrons. The number of nitrogens with one attached hydrogen (secondary N) is 1. The molecule has 0 atom stereocenters. The molecule has 1 fully saturated rings. The zero-order valence-corrected chi connectivity index (χ0v) is 18.9. The van der Waals surface area contributed by atoms with Crippen LogP contribution in [0.5, 0.6) is 0 Å². The summed E-state index contributed by atoms with van der Waals surface area (Å²) >= 11 is 1.42. The SMILES string of the molecule is CN(C1CCCCC1)S(=O)(=O)c1ccc(NC(=O)Cc2csc(-c3ccco3)n2)cc1. The van der Waals surface area contributed by atoms with Gasteiger partial charge in [0.15, 0.2) is 10.8 Å². The van der Waals surface area contributed by atoms with Crippen LogP contribution >= 0.6 is 11.3 Å². The van der Waals surface area contributed by atoms with Gasteiger partial charge in [0.2, 0.25) is 15.9 Å². The lowest BCUT2D eigenvalue weighted by Crippen LogP contribution is -2.38. The van der Waals surface area contributed by atoms with E-state index in [2.05, 4.69) is 10.3 Å². The maximum Gasteiger partial charge on any atom is 0.243 e. The molecule has 0 saturated heterocycles. The van der Waals surface area contributed by atoms with E-state index in [1.165, 1.54) is 22.1 Å². The van der Waals surface area contributed by atoms with E-state index in [0.29, 0.717) is 17.1 Å². The van der Waals surface area contributed by atoms with Crippen molar-refractivity contribution in [2.75, 3.05) is 12.4 Å². The Kier molecular flexibility index (Phi) is 6.54. The lowest BCUT2D eigenvalue weighted by Gasteiger charge is -2.30. The van der Waals surface area contributed by atoms with Crippen molar-refractivity contribution < 1.29 is 17.6 Å². The number of carbonyl (C=O) groups is 1. The first-order valence-electron chi connectivity index (χ1n) is 10.3. The number of aromatic nitrogens is 1. The van der Waals surface area contributed by atoms with Crippen molar-refractivity contribution in [1.82, 2.24) is 9.29 Å². The van der Waals surface area contributed by atoms with E-state index in [1.54, 1.807) is 43.6 Å². The molecule has 0 unspecified atom stereocenters. The standard InChI is InChI=1S/C22H25N3O4S2/c1-25(18-6-3-2-4-7-18)31(27,28)19-11-9-16(10-12-19)23-21(26)14-17-15-30-22(24-17)20-8-5-13-29-20/h5,8-13,15,18H,2-4,6-7,14H2,1H3,(H,23,26). The number of nitrogens with zero attached hydrogens (tertiary/aromatic N) is 2. The average molecular weight is 460 g/mol. The number of carbonyl (C=O) groups excluding carboxylic acids is 1. The molecule has 164 valence electrons. The summed E-state index contributed by atoms with van der Waals surface area (Å²) in [5.41, 5.74) is 1.20. The van der Waals surface area contributed by atoms with Gasteiger partial charge in [0, 0.05) is 24.2 Å². The number of thiazole rings is 1. The maximum absolute atomic E-state index is 12.9. The normalized spacial score (nSPS) is 15.3. The number of hydrogen-bond donors (Lipinski definition) is 1. The van der Waals surface area contributed by atoms with Crippen LogP contribution in [0.15, 0.2) is 57.4 Å². The van der Waals surface area contributed by atoms with E-state index in [1.807, 2.05) is 11.4 Å². The minimum absolute atomic E-state index is 0.0577. The summed E-state index contributed by atoms with van der Waals surface area (Å²) in [6, 6.07) is 10.00. The van der Waals surface area contributed by atoms with Gasteiger partial charge in [0.25, 0.3) is 0 Å². The third-order valence-corrected chi connectivity index (χ3v) is 8.36. The van der Waals surface area contributed by atoms with E-state index < -0.39 is 10.0 Å². The van der Waals surface area contributed by atoms with E-state index in [4.69, 9.17) is 4.42 Å². The van der Waals surface area contributed by atoms with Gasteiger partial charge in [-0.15, -0.1) is 11.3 Å². The Labute approximate surface area is 186 Å². The van der Waals surface area contributed by atoms with Gasteiger partial charge in [-0.2, -0.15) is 4.31 Å². The first kappa shape index (κ1) is 21.7. The van der Waals surface area contributed by atoms with Crippen LogP contribution in [0.3, 0.4) is 0 Å². The third kappa shape index (κ3) is 5.06. The maximum atomic E-state index is 12.9. The average Bonchev–Trinajstić information content (AvgIpc) is 3.46. The molecule has 1 aliphatic carbocycles. The minimum Gasteiger partial charge on any atom is -0.462 e. The van der Waals surface area contributed by atoms with Gasteiger partial charge < -0.3 is 9.73 Å². The number of benzene rings is 1. The molecule has 31 heavy (non-hydrogen) atoms. The van der Waals surface area contributed by atoms with Crippen molar-refractivity contribution in [2.24, 2.45) is 0 Å². The van der Waals surface area contributed by atoms with E-state index >= 15 is 0 Å². The molecule has 7 nitrogen and oxygen atoms in total. The Morgan fingerprint density at radius 3 is 2.61 bits per heavy atom. The van der Waals surface area contributed by atoms with E-state index in [0.717, 1.165) is 30.7 Å². The first-order chi connectivity index (χ1) is 14.9. The fourth-order valence-electron chi connectivity index (χ4n) is 3.79. The molecule has 2 heterocycles. The van der Waals surface area contributed by atoms with Crippen molar-refractivity contribution in [3.8, 4) is 10.8 Å². The summed E-state index contributed by atoms with van der Waals surface area (Å²) in [4.78, 5) is 17.0. The summed E-state index contributed by atoms with van der Waals surface area (Å²) in [5, 5.41) is 5.35. The van der Waals surface area contributed by atoms with Crippen LogP contribution in [-0.4, -0.2) is 36.7 Å². The van der Waals surface area contributed by atoms with Gasteiger partial charge in [0.1, 0.15) is 0 Å². The number of anilines is 1. The topological polar surface area (TPSA) is 92.5 Å². The molecule has 4 rings (SSSR count). The third-order valence-electron chi connectivity index (χ3n) is 5.53. The van der Waals surface area contributed by atoms with Crippen molar-refractivity contribution in [2.45, 2.75) is 49.5 Å². The van der Waals surface area contributed by atoms with Gasteiger partial charge in [-0.1, -0.05) is 19.3 Å². The van der Waals surface area contributed by atoms with Crippen molar-refractivity contribution >= 4 is 33.0 Å². The lowest BCUT2D eigenvalue weighted by atomic mass is 9.96. The highest BCUT2D eigenvalue weighted by Crippen LogP contribution is 2.27. The molecule has 1 N–H and O–H groups in total. The number of hydrogen-bond acceptors (Lipinski definition) is 6. The molecule has 0 bridgehead atoms. The van der Waals surface area contributed by atoms with E-state index in [9.17, 15) is 13.2 Å². The molecular formula is C22H25N3O4S2. The Balaban J connectivity index is 1.37. The van der Waals surface area contributed by atoms with Gasteiger partial charge >= 0.3 is 0 Å². The van der Waals surface area contributed by atoms with Crippen LogP contribution in [0.4, 0.5) is 5.69 Å². The summed E-state index contributed by atoms with van der Waals surface area (Å²) in [6.45, 7) is 0. The predicted octanol–water partition coefficient (Wildman–Crippen LogP) is 4.54. The van der Waals surface area contributed by atoms with Crippen molar-refractivity contribution in [3.05, 3.63) is 53.7 Å². The van der Waals surface area contributed by atoms with Crippen molar-refractivity contribution in [3.63, 3.8) is 0 Å². The Morgan fingerprint density at radius 2 is 1.94 bits per heavy atom. The van der Waals surface area contributed by atoms with Crippen LogP contribution < -0.4 is 5.32 Å². The monoisotopic (exact) mass is 459 g/mol. The highest BCUT2D eigenvalue weighted by atomic mass is 32.2. The van der Waals surface area contributed by atoms with Gasteiger partial charge in [0.05, 0.1) is 23.3 Å². The number of amides is 1. The molecule has 0 spiro atoms. The summed E-state index contributed by atoms with van der Waals surface area (Å²) in [7, 11) is -1.89. The molecule has 2 aromatic heterocycles. The van der Waals surface area contributed by atoms with Crippen LogP contribution in [0, 0.1) is 0 Å². The fourth-order valence-corrected chi connectivity index (χ4v) is 5.99. The molecule has 3 aromatic rings. The van der Waals surface area contributed by atoms with Crippen LogP contribution in [0.2, 0.25) is 0 Å². The molecule has 1 aliphatic rings. The molecule has 1 aromatic carbocycles. The van der Waals surface area contributed by atoms with Gasteiger partial charge in [-0.05, 0) is 49.2 Å². The quantitative estimate of drug-likeness (QED) is 0.560. The number of rotatable bonds is 7. The smallest absolute Gasteiger partial charge is 0.243 e. The first-order valence-corrected chi connectivity index (χ1v) is 12.6. The highest BCUT2D eigenvalue weighted by Gasteiger charge is 2.28. The largest absolute Gasteiger partial charge is 0.462 e. The van der Waals surface area contributed by atoms with Gasteiger partial charge in [-0.3, -0.25) is 4.79 Å². The number of sulfonamides is 1.